The van der Waals surface area contributed by atoms with Crippen molar-refractivity contribution in [3.05, 3.63) is 42.0 Å². The summed E-state index contributed by atoms with van der Waals surface area (Å²) in [6.07, 6.45) is 7.11. The van der Waals surface area contributed by atoms with E-state index in [9.17, 15) is 9.59 Å². The molecule has 0 aromatic heterocycles. The maximum absolute atomic E-state index is 11.8. The average molecular weight is 287 g/mol. The topological polar surface area (TPSA) is 66.4 Å². The molecule has 0 aliphatic heterocycles. The van der Waals surface area contributed by atoms with Gasteiger partial charge in [-0.15, -0.1) is 0 Å². The van der Waals surface area contributed by atoms with Crippen LogP contribution in [0.15, 0.2) is 36.4 Å². The van der Waals surface area contributed by atoms with Gasteiger partial charge >= 0.3 is 5.97 Å². The zero-order chi connectivity index (χ0) is 15.1. The van der Waals surface area contributed by atoms with E-state index in [4.69, 9.17) is 5.11 Å². The highest BCUT2D eigenvalue weighted by Gasteiger charge is 2.30. The summed E-state index contributed by atoms with van der Waals surface area (Å²) in [7, 11) is 0. The fraction of sp³-hybridized carbons (Fsp3) is 0.412. The van der Waals surface area contributed by atoms with E-state index >= 15 is 0 Å². The van der Waals surface area contributed by atoms with Crippen LogP contribution in [-0.2, 0) is 9.59 Å². The van der Waals surface area contributed by atoms with Crippen LogP contribution in [0, 0.1) is 5.92 Å². The molecule has 1 fully saturated rings. The number of hydrogen-bond donors (Lipinski definition) is 2. The van der Waals surface area contributed by atoms with Crippen LogP contribution in [0.1, 0.15) is 37.7 Å². The molecule has 2 atom stereocenters. The third-order valence-corrected chi connectivity index (χ3v) is 3.79. The van der Waals surface area contributed by atoms with E-state index in [-0.39, 0.29) is 17.9 Å². The van der Waals surface area contributed by atoms with E-state index in [0.29, 0.717) is 25.7 Å². The fourth-order valence-electron chi connectivity index (χ4n) is 2.63. The minimum atomic E-state index is -0.752. The highest BCUT2D eigenvalue weighted by atomic mass is 16.4. The van der Waals surface area contributed by atoms with Gasteiger partial charge < -0.3 is 10.4 Å². The van der Waals surface area contributed by atoms with Crippen LogP contribution < -0.4 is 5.32 Å². The normalized spacial score (nSPS) is 21.5. The summed E-state index contributed by atoms with van der Waals surface area (Å²) in [6.45, 7) is 0. The molecule has 21 heavy (non-hydrogen) atoms. The van der Waals surface area contributed by atoms with Crippen molar-refractivity contribution in [3.8, 4) is 0 Å². The van der Waals surface area contributed by atoms with Crippen molar-refractivity contribution in [1.29, 1.82) is 0 Å². The molecule has 0 unspecified atom stereocenters. The highest BCUT2D eigenvalue weighted by molar-refractivity contribution is 5.77. The second kappa shape index (κ2) is 7.62. The molecule has 1 aromatic carbocycles. The molecule has 0 spiro atoms. The third-order valence-electron chi connectivity index (χ3n) is 3.79. The molecule has 1 saturated carbocycles. The van der Waals surface area contributed by atoms with E-state index in [2.05, 4.69) is 5.32 Å². The molecule has 1 aliphatic carbocycles. The summed E-state index contributed by atoms with van der Waals surface area (Å²) >= 11 is 0. The van der Waals surface area contributed by atoms with Gasteiger partial charge in [0, 0.05) is 12.5 Å². The van der Waals surface area contributed by atoms with Crippen LogP contribution in [0.3, 0.4) is 0 Å². The Kier molecular flexibility index (Phi) is 5.55. The lowest BCUT2D eigenvalue weighted by Gasteiger charge is -2.11. The Morgan fingerprint density at radius 1 is 1.24 bits per heavy atom. The number of aliphatic carboxylic acids is 1. The Hall–Kier alpha value is -2.10. The standard InChI is InChI=1S/C17H21NO3/c19-16(18-15-11-10-14(12-15)17(20)21)9-5-4-8-13-6-2-1-3-7-13/h1-4,6-8,14-15H,5,9-12H2,(H,18,19)(H,20,21)/b8-4+/t14-,15+/m1/s1. The number of nitrogens with one attached hydrogen (secondary N) is 1. The molecule has 0 heterocycles. The van der Waals surface area contributed by atoms with Gasteiger partial charge in [0.15, 0.2) is 0 Å². The fourth-order valence-corrected chi connectivity index (χ4v) is 2.63. The van der Waals surface area contributed by atoms with E-state index in [1.54, 1.807) is 0 Å². The summed E-state index contributed by atoms with van der Waals surface area (Å²) < 4.78 is 0. The van der Waals surface area contributed by atoms with Gasteiger partial charge in [-0.05, 0) is 31.2 Å². The van der Waals surface area contributed by atoms with Crippen molar-refractivity contribution >= 4 is 18.0 Å². The summed E-state index contributed by atoms with van der Waals surface area (Å²) in [5, 5.41) is 11.9. The lowest BCUT2D eigenvalue weighted by Crippen LogP contribution is -2.33. The molecular weight excluding hydrogens is 266 g/mol. The largest absolute Gasteiger partial charge is 0.481 e. The van der Waals surface area contributed by atoms with Gasteiger partial charge in [0.05, 0.1) is 5.92 Å². The van der Waals surface area contributed by atoms with Gasteiger partial charge in [-0.2, -0.15) is 0 Å². The summed E-state index contributed by atoms with van der Waals surface area (Å²) in [5.74, 6) is -1.05. The monoisotopic (exact) mass is 287 g/mol. The van der Waals surface area contributed by atoms with Gasteiger partial charge in [0.2, 0.25) is 5.91 Å². The Labute approximate surface area is 124 Å². The van der Waals surface area contributed by atoms with Crippen LogP contribution in [-0.4, -0.2) is 23.0 Å². The minimum Gasteiger partial charge on any atom is -0.481 e. The first-order valence-corrected chi connectivity index (χ1v) is 7.39. The van der Waals surface area contributed by atoms with Crippen molar-refractivity contribution in [3.63, 3.8) is 0 Å². The summed E-state index contributed by atoms with van der Waals surface area (Å²) in [4.78, 5) is 22.7. The van der Waals surface area contributed by atoms with E-state index in [1.165, 1.54) is 0 Å². The predicted molar refractivity (Wildman–Crippen MR) is 81.6 cm³/mol. The molecule has 1 aliphatic rings. The number of hydrogen-bond acceptors (Lipinski definition) is 2. The van der Waals surface area contributed by atoms with Crippen LogP contribution in [0.2, 0.25) is 0 Å². The lowest BCUT2D eigenvalue weighted by atomic mass is 10.1. The first-order chi connectivity index (χ1) is 10.1. The molecule has 4 heteroatoms. The van der Waals surface area contributed by atoms with E-state index in [1.807, 2.05) is 42.5 Å². The van der Waals surface area contributed by atoms with Gasteiger partial charge in [-0.1, -0.05) is 42.5 Å². The number of amides is 1. The van der Waals surface area contributed by atoms with E-state index in [0.717, 1.165) is 12.0 Å². The number of benzene rings is 1. The number of allylic oxidation sites excluding steroid dienone is 1. The SMILES string of the molecule is O=C(CC/C=C/c1ccccc1)N[C@H]1CC[C@@H](C(=O)O)C1. The zero-order valence-electron chi connectivity index (χ0n) is 12.0. The lowest BCUT2D eigenvalue weighted by molar-refractivity contribution is -0.141. The van der Waals surface area contributed by atoms with Gasteiger partial charge in [0.25, 0.3) is 0 Å². The van der Waals surface area contributed by atoms with E-state index < -0.39 is 5.97 Å². The van der Waals surface area contributed by atoms with Crippen LogP contribution in [0.25, 0.3) is 6.08 Å². The van der Waals surface area contributed by atoms with Crippen LogP contribution in [0.5, 0.6) is 0 Å². The highest BCUT2D eigenvalue weighted by Crippen LogP contribution is 2.25. The molecule has 2 rings (SSSR count). The number of carbonyl (C=O) groups is 2. The first kappa shape index (κ1) is 15.3. The third kappa shape index (κ3) is 5.06. The molecule has 4 nitrogen and oxygen atoms in total. The smallest absolute Gasteiger partial charge is 0.306 e. The molecule has 1 amide bonds. The maximum Gasteiger partial charge on any atom is 0.306 e. The van der Waals surface area contributed by atoms with Gasteiger partial charge in [0.1, 0.15) is 0 Å². The molecule has 2 N–H and O–H groups in total. The maximum atomic E-state index is 11.8. The van der Waals surface area contributed by atoms with Gasteiger partial charge in [-0.25, -0.2) is 0 Å². The molecule has 0 bridgehead atoms. The van der Waals surface area contributed by atoms with Crippen LogP contribution >= 0.6 is 0 Å². The number of carboxylic acids is 1. The van der Waals surface area contributed by atoms with Crippen LogP contribution in [0.4, 0.5) is 0 Å². The zero-order valence-corrected chi connectivity index (χ0v) is 12.0. The Balaban J connectivity index is 1.66. The van der Waals surface area contributed by atoms with Crippen molar-refractivity contribution in [2.24, 2.45) is 5.92 Å². The predicted octanol–water partition coefficient (Wildman–Crippen LogP) is 2.85. The second-order valence-corrected chi connectivity index (χ2v) is 5.46. The van der Waals surface area contributed by atoms with Crippen molar-refractivity contribution in [1.82, 2.24) is 5.32 Å². The number of carboxylic acid groups (broad SMARTS) is 1. The summed E-state index contributed by atoms with van der Waals surface area (Å²) in [6, 6.07) is 9.98. The quantitative estimate of drug-likeness (QED) is 0.845. The summed E-state index contributed by atoms with van der Waals surface area (Å²) in [5.41, 5.74) is 1.12. The second-order valence-electron chi connectivity index (χ2n) is 5.46. The number of carbonyl (C=O) groups excluding carboxylic acids is 1. The molecule has 0 saturated heterocycles. The van der Waals surface area contributed by atoms with Crippen molar-refractivity contribution in [2.75, 3.05) is 0 Å². The van der Waals surface area contributed by atoms with Crippen molar-refractivity contribution < 1.29 is 14.7 Å². The molecule has 0 radical (unpaired) electrons. The average Bonchev–Trinajstić information content (AvgIpc) is 2.93. The molecule has 112 valence electrons. The first-order valence-electron chi connectivity index (χ1n) is 7.39. The molecular formula is C17H21NO3. The van der Waals surface area contributed by atoms with Crippen molar-refractivity contribution in [2.45, 2.75) is 38.1 Å². The van der Waals surface area contributed by atoms with Gasteiger partial charge in [-0.3, -0.25) is 9.59 Å². The number of rotatable bonds is 6. The Morgan fingerprint density at radius 2 is 2.00 bits per heavy atom. The Morgan fingerprint density at radius 3 is 2.67 bits per heavy atom. The molecule has 1 aromatic rings. The minimum absolute atomic E-state index is 0.00347. The Bertz CT molecular complexity index is 510.